The van der Waals surface area contributed by atoms with Crippen LogP contribution in [0.1, 0.15) is 44.4 Å². The largest absolute Gasteiger partial charge is 0.444 e. The van der Waals surface area contributed by atoms with Crippen molar-refractivity contribution in [2.45, 2.75) is 45.8 Å². The monoisotopic (exact) mass is 281 g/mol. The maximum absolute atomic E-state index is 13.6. The second-order valence-electron chi connectivity index (χ2n) is 5.61. The lowest BCUT2D eigenvalue weighted by atomic mass is 10.0. The average molecular weight is 281 g/mol. The van der Waals surface area contributed by atoms with Crippen molar-refractivity contribution >= 4 is 12.4 Å². The highest BCUT2D eigenvalue weighted by Crippen LogP contribution is 2.19. The molecule has 20 heavy (non-hydrogen) atoms. The fourth-order valence-electron chi connectivity index (χ4n) is 1.65. The third kappa shape index (κ3) is 4.99. The summed E-state index contributed by atoms with van der Waals surface area (Å²) in [6.45, 7) is 6.88. The molecule has 1 aromatic carbocycles. The number of carbonyl (C=O) groups is 2. The summed E-state index contributed by atoms with van der Waals surface area (Å²) in [6.07, 6.45) is 0.104. The summed E-state index contributed by atoms with van der Waals surface area (Å²) in [5.41, 5.74) is 0.413. The number of amides is 1. The Morgan fingerprint density at radius 3 is 2.60 bits per heavy atom. The van der Waals surface area contributed by atoms with Crippen molar-refractivity contribution in [3.63, 3.8) is 0 Å². The molecule has 0 saturated carbocycles. The molecule has 0 aliphatic heterocycles. The summed E-state index contributed by atoms with van der Waals surface area (Å²) in [4.78, 5) is 22.4. The maximum Gasteiger partial charge on any atom is 0.408 e. The first-order valence-corrected chi connectivity index (χ1v) is 6.42. The molecule has 4 nitrogen and oxygen atoms in total. The summed E-state index contributed by atoms with van der Waals surface area (Å²) in [5, 5.41) is 2.58. The molecule has 0 fully saturated rings. The van der Waals surface area contributed by atoms with Crippen LogP contribution in [0.5, 0.6) is 0 Å². The summed E-state index contributed by atoms with van der Waals surface area (Å²) in [6, 6.07) is 4.02. The molecule has 5 heteroatoms. The standard InChI is InChI=1S/C15H20FNO3/c1-10-5-6-11(9-12(10)16)13(7-8-18)17-14(19)20-15(2,3)4/h5-6,8-9,13H,7H2,1-4H3,(H,17,19)/t13-/m1/s1. The first-order valence-electron chi connectivity index (χ1n) is 6.42. The molecule has 1 N–H and O–H groups in total. The summed E-state index contributed by atoms with van der Waals surface area (Å²) in [5.74, 6) is -0.371. The van der Waals surface area contributed by atoms with Gasteiger partial charge in [-0.3, -0.25) is 0 Å². The van der Waals surface area contributed by atoms with E-state index in [9.17, 15) is 14.0 Å². The predicted molar refractivity (Wildman–Crippen MR) is 73.9 cm³/mol. The molecule has 0 radical (unpaired) electrons. The smallest absolute Gasteiger partial charge is 0.408 e. The highest BCUT2D eigenvalue weighted by atomic mass is 19.1. The van der Waals surface area contributed by atoms with Crippen molar-refractivity contribution in [3.05, 3.63) is 35.1 Å². The minimum atomic E-state index is -0.634. The van der Waals surface area contributed by atoms with Crippen molar-refractivity contribution in [1.29, 1.82) is 0 Å². The molecule has 0 saturated heterocycles. The van der Waals surface area contributed by atoms with Gasteiger partial charge in [0.1, 0.15) is 17.7 Å². The second kappa shape index (κ2) is 6.50. The Kier molecular flexibility index (Phi) is 5.25. The number of ether oxygens (including phenoxy) is 1. The van der Waals surface area contributed by atoms with Crippen LogP contribution >= 0.6 is 0 Å². The number of hydrogen-bond donors (Lipinski definition) is 1. The Hall–Kier alpha value is -1.91. The molecular weight excluding hydrogens is 261 g/mol. The van der Waals surface area contributed by atoms with Crippen molar-refractivity contribution in [2.75, 3.05) is 0 Å². The number of halogens is 1. The number of aldehydes is 1. The quantitative estimate of drug-likeness (QED) is 0.862. The van der Waals surface area contributed by atoms with Gasteiger partial charge in [-0.05, 0) is 44.9 Å². The Balaban J connectivity index is 2.85. The van der Waals surface area contributed by atoms with Crippen LogP contribution in [0.4, 0.5) is 9.18 Å². The molecule has 0 aliphatic rings. The number of rotatable bonds is 4. The minimum Gasteiger partial charge on any atom is -0.444 e. The SMILES string of the molecule is Cc1ccc([C@@H](CC=O)NC(=O)OC(C)(C)C)cc1F. The first kappa shape index (κ1) is 16.1. The van der Waals surface area contributed by atoms with E-state index in [1.54, 1.807) is 39.8 Å². The second-order valence-corrected chi connectivity index (χ2v) is 5.61. The van der Waals surface area contributed by atoms with Crippen molar-refractivity contribution in [3.8, 4) is 0 Å². The van der Waals surface area contributed by atoms with Crippen LogP contribution in [-0.2, 0) is 9.53 Å². The molecule has 0 bridgehead atoms. The van der Waals surface area contributed by atoms with Gasteiger partial charge in [0.2, 0.25) is 0 Å². The third-order valence-electron chi connectivity index (χ3n) is 2.62. The van der Waals surface area contributed by atoms with E-state index in [1.165, 1.54) is 6.07 Å². The van der Waals surface area contributed by atoms with Gasteiger partial charge in [0.25, 0.3) is 0 Å². The summed E-state index contributed by atoms with van der Waals surface area (Å²) >= 11 is 0. The molecule has 110 valence electrons. The number of benzene rings is 1. The number of aryl methyl sites for hydroxylation is 1. The van der Waals surface area contributed by atoms with Gasteiger partial charge in [-0.2, -0.15) is 0 Å². The lowest BCUT2D eigenvalue weighted by Crippen LogP contribution is -2.35. The number of hydrogen-bond acceptors (Lipinski definition) is 3. The van der Waals surface area contributed by atoms with Gasteiger partial charge < -0.3 is 14.8 Å². The number of carbonyl (C=O) groups excluding carboxylic acids is 2. The van der Waals surface area contributed by atoms with E-state index in [0.29, 0.717) is 17.4 Å². The summed E-state index contributed by atoms with van der Waals surface area (Å²) in [7, 11) is 0. The van der Waals surface area contributed by atoms with Crippen LogP contribution in [-0.4, -0.2) is 18.0 Å². The molecule has 1 amide bonds. The predicted octanol–water partition coefficient (Wildman–Crippen LogP) is 3.29. The normalized spacial score (nSPS) is 12.7. The zero-order valence-corrected chi connectivity index (χ0v) is 12.2. The van der Waals surface area contributed by atoms with Crippen LogP contribution in [0.3, 0.4) is 0 Å². The van der Waals surface area contributed by atoms with Gasteiger partial charge in [0.15, 0.2) is 0 Å². The first-order chi connectivity index (χ1) is 9.23. The van der Waals surface area contributed by atoms with Crippen molar-refractivity contribution < 1.29 is 18.7 Å². The van der Waals surface area contributed by atoms with Crippen LogP contribution in [0, 0.1) is 12.7 Å². The van der Waals surface area contributed by atoms with E-state index in [0.717, 1.165) is 0 Å². The Labute approximate surface area is 118 Å². The maximum atomic E-state index is 13.6. The van der Waals surface area contributed by atoms with Crippen molar-refractivity contribution in [1.82, 2.24) is 5.32 Å². The molecule has 0 spiro atoms. The van der Waals surface area contributed by atoms with Gasteiger partial charge in [0, 0.05) is 6.42 Å². The van der Waals surface area contributed by atoms with E-state index in [1.807, 2.05) is 0 Å². The molecule has 1 aromatic rings. The molecule has 1 atom stereocenters. The average Bonchev–Trinajstić information content (AvgIpc) is 2.30. The highest BCUT2D eigenvalue weighted by molar-refractivity contribution is 5.69. The van der Waals surface area contributed by atoms with Gasteiger partial charge >= 0.3 is 6.09 Å². The van der Waals surface area contributed by atoms with E-state index in [4.69, 9.17) is 4.74 Å². The Bertz CT molecular complexity index is 494. The van der Waals surface area contributed by atoms with Gasteiger partial charge in [-0.1, -0.05) is 12.1 Å². The van der Waals surface area contributed by atoms with E-state index >= 15 is 0 Å². The van der Waals surface area contributed by atoms with Crippen LogP contribution in [0.2, 0.25) is 0 Å². The number of nitrogens with one attached hydrogen (secondary N) is 1. The fraction of sp³-hybridized carbons (Fsp3) is 0.467. The molecule has 1 rings (SSSR count). The van der Waals surface area contributed by atoms with Crippen LogP contribution < -0.4 is 5.32 Å². The Morgan fingerprint density at radius 2 is 2.10 bits per heavy atom. The summed E-state index contributed by atoms with van der Waals surface area (Å²) < 4.78 is 18.7. The zero-order valence-electron chi connectivity index (χ0n) is 12.2. The van der Waals surface area contributed by atoms with Gasteiger partial charge in [-0.15, -0.1) is 0 Å². The molecular formula is C15H20FNO3. The number of alkyl carbamates (subject to hydrolysis) is 1. The van der Waals surface area contributed by atoms with Gasteiger partial charge in [0.05, 0.1) is 6.04 Å². The topological polar surface area (TPSA) is 55.4 Å². The minimum absolute atomic E-state index is 0.0573. The lowest BCUT2D eigenvalue weighted by Gasteiger charge is -2.23. The van der Waals surface area contributed by atoms with Crippen LogP contribution in [0.15, 0.2) is 18.2 Å². The third-order valence-corrected chi connectivity index (χ3v) is 2.62. The van der Waals surface area contributed by atoms with Gasteiger partial charge in [-0.25, -0.2) is 9.18 Å². The van der Waals surface area contributed by atoms with E-state index in [2.05, 4.69) is 5.32 Å². The van der Waals surface area contributed by atoms with E-state index in [-0.39, 0.29) is 12.2 Å². The zero-order chi connectivity index (χ0) is 15.3. The lowest BCUT2D eigenvalue weighted by molar-refractivity contribution is -0.108. The van der Waals surface area contributed by atoms with E-state index < -0.39 is 17.7 Å². The molecule has 0 heterocycles. The molecule has 0 aliphatic carbocycles. The van der Waals surface area contributed by atoms with Crippen molar-refractivity contribution in [2.24, 2.45) is 0 Å². The highest BCUT2D eigenvalue weighted by Gasteiger charge is 2.20. The Morgan fingerprint density at radius 1 is 1.45 bits per heavy atom. The molecule has 0 unspecified atom stereocenters. The van der Waals surface area contributed by atoms with Crippen LogP contribution in [0.25, 0.3) is 0 Å². The molecule has 0 aromatic heterocycles. The fourth-order valence-corrected chi connectivity index (χ4v) is 1.65.